The number of ketones is 1. The fourth-order valence-corrected chi connectivity index (χ4v) is 3.34. The summed E-state index contributed by atoms with van der Waals surface area (Å²) in [6.07, 6.45) is 0.415. The number of anilines is 2. The van der Waals surface area contributed by atoms with Crippen LogP contribution in [0.1, 0.15) is 19.4 Å². The topological polar surface area (TPSA) is 42.0 Å². The monoisotopic (exact) mass is 344 g/mol. The summed E-state index contributed by atoms with van der Waals surface area (Å²) in [5, 5.41) is 4.66. The Hall–Kier alpha value is -1.91. The number of aromatic nitrogens is 1. The van der Waals surface area contributed by atoms with Gasteiger partial charge in [0.1, 0.15) is 5.78 Å². The van der Waals surface area contributed by atoms with Gasteiger partial charge in [-0.2, -0.15) is 0 Å². The first kappa shape index (κ1) is 16.0. The van der Waals surface area contributed by atoms with Gasteiger partial charge in [0.05, 0.1) is 20.9 Å². The maximum Gasteiger partial charge on any atom is 0.188 e. The molecule has 0 unspecified atom stereocenters. The van der Waals surface area contributed by atoms with Crippen LogP contribution in [0.15, 0.2) is 42.5 Å². The van der Waals surface area contributed by atoms with Crippen molar-refractivity contribution < 1.29 is 4.79 Å². The second kappa shape index (κ2) is 6.69. The molecular formula is C18H17ClN2OS. The van der Waals surface area contributed by atoms with Crippen LogP contribution >= 0.6 is 22.9 Å². The highest BCUT2D eigenvalue weighted by molar-refractivity contribution is 7.22. The molecule has 118 valence electrons. The summed E-state index contributed by atoms with van der Waals surface area (Å²) in [4.78, 5) is 16.4. The first-order valence-corrected chi connectivity index (χ1v) is 8.66. The number of thiazole rings is 1. The van der Waals surface area contributed by atoms with Crippen molar-refractivity contribution in [3.8, 4) is 0 Å². The van der Waals surface area contributed by atoms with Crippen molar-refractivity contribution >= 4 is 49.8 Å². The van der Waals surface area contributed by atoms with Crippen LogP contribution in [0.5, 0.6) is 0 Å². The molecule has 0 fully saturated rings. The lowest BCUT2D eigenvalue weighted by molar-refractivity contribution is -0.121. The summed E-state index contributed by atoms with van der Waals surface area (Å²) in [5.41, 5.74) is 2.70. The molecule has 3 rings (SSSR count). The molecule has 5 heteroatoms. The molecular weight excluding hydrogens is 328 g/mol. The SMILES string of the molecule is CC(C)C(=O)Cc1ccc(Nc2nc3ccccc3s2)c(Cl)c1. The van der Waals surface area contributed by atoms with Crippen LogP contribution in [0.2, 0.25) is 5.02 Å². The van der Waals surface area contributed by atoms with E-state index in [2.05, 4.69) is 10.3 Å². The van der Waals surface area contributed by atoms with Crippen LogP contribution in [0.3, 0.4) is 0 Å². The minimum absolute atomic E-state index is 0.0364. The van der Waals surface area contributed by atoms with E-state index in [9.17, 15) is 4.79 Å². The molecule has 1 heterocycles. The molecule has 1 aromatic heterocycles. The van der Waals surface area contributed by atoms with Gasteiger partial charge in [-0.3, -0.25) is 4.79 Å². The average Bonchev–Trinajstić information content (AvgIpc) is 2.92. The van der Waals surface area contributed by atoms with Gasteiger partial charge in [0.2, 0.25) is 0 Å². The van der Waals surface area contributed by atoms with E-state index in [-0.39, 0.29) is 11.7 Å². The molecule has 2 aromatic carbocycles. The van der Waals surface area contributed by atoms with E-state index in [1.54, 1.807) is 11.3 Å². The van der Waals surface area contributed by atoms with Crippen LogP contribution < -0.4 is 5.32 Å². The van der Waals surface area contributed by atoms with Crippen molar-refractivity contribution in [3.63, 3.8) is 0 Å². The third-order valence-electron chi connectivity index (χ3n) is 3.59. The van der Waals surface area contributed by atoms with Crippen LogP contribution in [-0.4, -0.2) is 10.8 Å². The summed E-state index contributed by atoms with van der Waals surface area (Å²) in [7, 11) is 0. The van der Waals surface area contributed by atoms with E-state index in [1.165, 1.54) is 0 Å². The Labute approximate surface area is 144 Å². The van der Waals surface area contributed by atoms with Crippen molar-refractivity contribution in [2.24, 2.45) is 5.92 Å². The van der Waals surface area contributed by atoms with Gasteiger partial charge in [-0.15, -0.1) is 0 Å². The van der Waals surface area contributed by atoms with E-state index in [4.69, 9.17) is 11.6 Å². The van der Waals surface area contributed by atoms with Crippen molar-refractivity contribution in [3.05, 3.63) is 53.1 Å². The minimum Gasteiger partial charge on any atom is -0.330 e. The number of carbonyl (C=O) groups is 1. The molecule has 23 heavy (non-hydrogen) atoms. The number of hydrogen-bond acceptors (Lipinski definition) is 4. The summed E-state index contributed by atoms with van der Waals surface area (Å²) in [5.74, 6) is 0.252. The predicted octanol–water partition coefficient (Wildman–Crippen LogP) is 5.46. The maximum absolute atomic E-state index is 11.8. The van der Waals surface area contributed by atoms with Crippen molar-refractivity contribution in [1.29, 1.82) is 0 Å². The van der Waals surface area contributed by atoms with Gasteiger partial charge < -0.3 is 5.32 Å². The minimum atomic E-state index is 0.0364. The Balaban J connectivity index is 1.79. The Morgan fingerprint density at radius 3 is 2.74 bits per heavy atom. The summed E-state index contributed by atoms with van der Waals surface area (Å²) >= 11 is 7.93. The molecule has 0 atom stereocenters. The van der Waals surface area contributed by atoms with Gasteiger partial charge >= 0.3 is 0 Å². The number of nitrogens with one attached hydrogen (secondary N) is 1. The fraction of sp³-hybridized carbons (Fsp3) is 0.222. The normalized spacial score (nSPS) is 11.1. The third kappa shape index (κ3) is 3.71. The summed E-state index contributed by atoms with van der Waals surface area (Å²) in [6.45, 7) is 3.82. The van der Waals surface area contributed by atoms with Crippen molar-refractivity contribution in [2.75, 3.05) is 5.32 Å². The zero-order valence-electron chi connectivity index (χ0n) is 13.0. The molecule has 0 aliphatic carbocycles. The highest BCUT2D eigenvalue weighted by Crippen LogP contribution is 2.31. The standard InChI is InChI=1S/C18H17ClN2OS/c1-11(2)16(22)10-12-7-8-14(13(19)9-12)20-18-21-15-5-3-4-6-17(15)23-18/h3-9,11H,10H2,1-2H3,(H,20,21). The first-order chi connectivity index (χ1) is 11.0. The largest absolute Gasteiger partial charge is 0.330 e. The van der Waals surface area contributed by atoms with Crippen LogP contribution in [-0.2, 0) is 11.2 Å². The molecule has 1 N–H and O–H groups in total. The lowest BCUT2D eigenvalue weighted by Gasteiger charge is -2.08. The number of fused-ring (bicyclic) bond motifs is 1. The second-order valence-corrected chi connectivity index (χ2v) is 7.16. The molecule has 0 aliphatic heterocycles. The van der Waals surface area contributed by atoms with E-state index < -0.39 is 0 Å². The molecule has 3 aromatic rings. The molecule has 0 aliphatic rings. The molecule has 0 bridgehead atoms. The van der Waals surface area contributed by atoms with Crippen molar-refractivity contribution in [1.82, 2.24) is 4.98 Å². The smallest absolute Gasteiger partial charge is 0.188 e. The summed E-state index contributed by atoms with van der Waals surface area (Å²) in [6, 6.07) is 13.7. The zero-order valence-corrected chi connectivity index (χ0v) is 14.5. The molecule has 3 nitrogen and oxygen atoms in total. The number of para-hydroxylation sites is 1. The van der Waals surface area contributed by atoms with Crippen LogP contribution in [0.4, 0.5) is 10.8 Å². The van der Waals surface area contributed by atoms with Gasteiger partial charge in [0, 0.05) is 12.3 Å². The molecule has 0 radical (unpaired) electrons. The number of nitrogens with zero attached hydrogens (tertiary/aromatic N) is 1. The zero-order chi connectivity index (χ0) is 16.4. The molecule has 0 saturated heterocycles. The van der Waals surface area contributed by atoms with Gasteiger partial charge in [0.15, 0.2) is 5.13 Å². The Morgan fingerprint density at radius 1 is 1.26 bits per heavy atom. The molecule has 0 saturated carbocycles. The van der Waals surface area contributed by atoms with E-state index in [0.29, 0.717) is 11.4 Å². The quantitative estimate of drug-likeness (QED) is 0.668. The van der Waals surface area contributed by atoms with E-state index >= 15 is 0 Å². The van der Waals surface area contributed by atoms with E-state index in [1.807, 2.05) is 56.3 Å². The Bertz CT molecular complexity index is 824. The first-order valence-electron chi connectivity index (χ1n) is 7.46. The Morgan fingerprint density at radius 2 is 2.04 bits per heavy atom. The highest BCUT2D eigenvalue weighted by atomic mass is 35.5. The maximum atomic E-state index is 11.8. The van der Waals surface area contributed by atoms with Gasteiger partial charge in [-0.05, 0) is 29.8 Å². The fourth-order valence-electron chi connectivity index (χ4n) is 2.22. The van der Waals surface area contributed by atoms with E-state index in [0.717, 1.165) is 26.6 Å². The average molecular weight is 345 g/mol. The summed E-state index contributed by atoms with van der Waals surface area (Å²) < 4.78 is 1.13. The number of hydrogen-bond donors (Lipinski definition) is 1. The predicted molar refractivity (Wildman–Crippen MR) is 97.9 cm³/mol. The number of carbonyl (C=O) groups excluding carboxylic acids is 1. The number of rotatable bonds is 5. The second-order valence-electron chi connectivity index (χ2n) is 5.72. The number of halogens is 1. The number of benzene rings is 2. The lowest BCUT2D eigenvalue weighted by Crippen LogP contribution is -2.10. The van der Waals surface area contributed by atoms with Gasteiger partial charge in [0.25, 0.3) is 0 Å². The lowest BCUT2D eigenvalue weighted by atomic mass is 10.0. The van der Waals surface area contributed by atoms with Crippen LogP contribution in [0, 0.1) is 5.92 Å². The van der Waals surface area contributed by atoms with Crippen LogP contribution in [0.25, 0.3) is 10.2 Å². The third-order valence-corrected chi connectivity index (χ3v) is 4.86. The number of Topliss-reactive ketones (excluding diaryl/α,β-unsaturated/α-hetero) is 1. The van der Waals surface area contributed by atoms with Crippen molar-refractivity contribution in [2.45, 2.75) is 20.3 Å². The van der Waals surface area contributed by atoms with Gasteiger partial charge in [-0.1, -0.05) is 55.0 Å². The van der Waals surface area contributed by atoms with Gasteiger partial charge in [-0.25, -0.2) is 4.98 Å². The molecule has 0 amide bonds. The molecule has 0 spiro atoms. The Kier molecular flexibility index (Phi) is 4.64. The highest BCUT2D eigenvalue weighted by Gasteiger charge is 2.11.